The van der Waals surface area contributed by atoms with Gasteiger partial charge in [-0.25, -0.2) is 4.79 Å². The van der Waals surface area contributed by atoms with Crippen molar-refractivity contribution in [3.05, 3.63) is 58.1 Å². The number of benzene rings is 2. The van der Waals surface area contributed by atoms with Crippen LogP contribution in [0.25, 0.3) is 0 Å². The fraction of sp³-hybridized carbons (Fsp3) is 0.458. The Balaban J connectivity index is 1.34. The molecule has 2 aromatic carbocycles. The number of aliphatic hydroxyl groups excluding tert-OH is 1. The van der Waals surface area contributed by atoms with Gasteiger partial charge in [-0.3, -0.25) is 0 Å². The first-order valence-corrected chi connectivity index (χ1v) is 10.8. The van der Waals surface area contributed by atoms with E-state index >= 15 is 0 Å². The number of amides is 2. The summed E-state index contributed by atoms with van der Waals surface area (Å²) < 4.78 is 6.04. The lowest BCUT2D eigenvalue weighted by molar-refractivity contribution is 0.159. The van der Waals surface area contributed by atoms with E-state index in [1.807, 2.05) is 12.1 Å². The average molecular weight is 392 g/mol. The van der Waals surface area contributed by atoms with Gasteiger partial charge in [0.25, 0.3) is 0 Å². The Kier molecular flexibility index (Phi) is 4.92. The number of aryl methyl sites for hydroxylation is 2. The number of nitrogens with one attached hydrogen (secondary N) is 2. The summed E-state index contributed by atoms with van der Waals surface area (Å²) in [5.74, 6) is 0.999. The molecule has 5 heteroatoms. The Morgan fingerprint density at radius 3 is 2.79 bits per heavy atom. The monoisotopic (exact) mass is 392 g/mol. The normalized spacial score (nSPS) is 22.5. The minimum Gasteiger partial charge on any atom is -0.493 e. The van der Waals surface area contributed by atoms with Gasteiger partial charge in [0.15, 0.2) is 0 Å². The first kappa shape index (κ1) is 18.5. The number of hydrogen-bond acceptors (Lipinski definition) is 3. The predicted molar refractivity (Wildman–Crippen MR) is 113 cm³/mol. The molecule has 152 valence electrons. The van der Waals surface area contributed by atoms with Crippen LogP contribution in [0.2, 0.25) is 0 Å². The van der Waals surface area contributed by atoms with Crippen LogP contribution in [0.1, 0.15) is 59.5 Å². The van der Waals surface area contributed by atoms with E-state index in [4.69, 9.17) is 4.74 Å². The molecule has 3 aliphatic rings. The molecule has 2 amide bonds. The third-order valence-electron chi connectivity index (χ3n) is 6.55. The van der Waals surface area contributed by atoms with Crippen molar-refractivity contribution in [2.24, 2.45) is 0 Å². The van der Waals surface area contributed by atoms with Crippen LogP contribution < -0.4 is 15.4 Å². The minimum atomic E-state index is -0.331. The molecule has 0 fully saturated rings. The lowest BCUT2D eigenvalue weighted by Crippen LogP contribution is -2.36. The molecule has 0 radical (unpaired) electrons. The van der Waals surface area contributed by atoms with Crippen molar-refractivity contribution in [1.29, 1.82) is 0 Å². The summed E-state index contributed by atoms with van der Waals surface area (Å²) in [6.45, 7) is 0.626. The van der Waals surface area contributed by atoms with Gasteiger partial charge in [0.2, 0.25) is 0 Å². The summed E-state index contributed by atoms with van der Waals surface area (Å²) in [4.78, 5) is 12.8. The van der Waals surface area contributed by atoms with Gasteiger partial charge < -0.3 is 20.5 Å². The lowest BCUT2D eigenvalue weighted by Gasteiger charge is -2.31. The zero-order valence-electron chi connectivity index (χ0n) is 16.7. The van der Waals surface area contributed by atoms with Gasteiger partial charge in [0.05, 0.1) is 18.8 Å². The fourth-order valence-electron chi connectivity index (χ4n) is 5.04. The molecule has 2 aliphatic carbocycles. The molecular weight excluding hydrogens is 364 g/mol. The molecule has 0 bridgehead atoms. The van der Waals surface area contributed by atoms with Crippen LogP contribution in [-0.4, -0.2) is 23.8 Å². The average Bonchev–Trinajstić information content (AvgIpc) is 2.74. The Bertz CT molecular complexity index is 940. The van der Waals surface area contributed by atoms with Gasteiger partial charge in [0.1, 0.15) is 5.75 Å². The van der Waals surface area contributed by atoms with Crippen molar-refractivity contribution in [2.75, 3.05) is 11.9 Å². The van der Waals surface area contributed by atoms with Crippen molar-refractivity contribution in [1.82, 2.24) is 5.32 Å². The second kappa shape index (κ2) is 7.71. The van der Waals surface area contributed by atoms with Crippen LogP contribution in [0, 0.1) is 0 Å². The first-order chi connectivity index (χ1) is 14.2. The van der Waals surface area contributed by atoms with Crippen LogP contribution in [0.5, 0.6) is 5.75 Å². The number of carbonyl (C=O) groups is 1. The third kappa shape index (κ3) is 3.60. The highest BCUT2D eigenvalue weighted by molar-refractivity contribution is 5.90. The van der Waals surface area contributed by atoms with Gasteiger partial charge in [-0.15, -0.1) is 0 Å². The minimum absolute atomic E-state index is 0.0453. The van der Waals surface area contributed by atoms with E-state index in [2.05, 4.69) is 28.8 Å². The Morgan fingerprint density at radius 1 is 1.00 bits per heavy atom. The van der Waals surface area contributed by atoms with E-state index in [0.29, 0.717) is 13.0 Å². The molecule has 0 saturated carbocycles. The highest BCUT2D eigenvalue weighted by Gasteiger charge is 2.28. The molecule has 5 nitrogen and oxygen atoms in total. The molecule has 2 aromatic rings. The molecule has 29 heavy (non-hydrogen) atoms. The highest BCUT2D eigenvalue weighted by Crippen LogP contribution is 2.39. The van der Waals surface area contributed by atoms with Gasteiger partial charge >= 0.3 is 6.03 Å². The van der Waals surface area contributed by atoms with Crippen molar-refractivity contribution in [3.8, 4) is 5.75 Å². The van der Waals surface area contributed by atoms with Gasteiger partial charge in [-0.1, -0.05) is 24.3 Å². The van der Waals surface area contributed by atoms with Crippen molar-refractivity contribution >= 4 is 11.7 Å². The van der Waals surface area contributed by atoms with Crippen molar-refractivity contribution in [3.63, 3.8) is 0 Å². The molecule has 3 N–H and O–H groups in total. The topological polar surface area (TPSA) is 70.6 Å². The Morgan fingerprint density at radius 2 is 1.86 bits per heavy atom. The van der Waals surface area contributed by atoms with E-state index in [-0.39, 0.29) is 18.2 Å². The molecule has 1 heterocycles. The first-order valence-electron chi connectivity index (χ1n) is 10.8. The number of urea groups is 1. The molecule has 1 aliphatic heterocycles. The lowest BCUT2D eigenvalue weighted by atomic mass is 9.86. The fourth-order valence-corrected chi connectivity index (χ4v) is 5.04. The molecule has 2 unspecified atom stereocenters. The van der Waals surface area contributed by atoms with Crippen molar-refractivity contribution < 1.29 is 14.6 Å². The number of ether oxygens (including phenoxy) is 1. The van der Waals surface area contributed by atoms with Gasteiger partial charge in [-0.2, -0.15) is 0 Å². The summed E-state index contributed by atoms with van der Waals surface area (Å²) in [5, 5.41) is 16.2. The van der Waals surface area contributed by atoms with E-state index in [0.717, 1.165) is 54.7 Å². The number of carbonyl (C=O) groups excluding carboxylic acids is 1. The van der Waals surface area contributed by atoms with Gasteiger partial charge in [-0.05, 0) is 66.8 Å². The summed E-state index contributed by atoms with van der Waals surface area (Å²) in [5.41, 5.74) is 6.91. The molecule has 0 spiro atoms. The maximum absolute atomic E-state index is 12.8. The standard InChI is InChI=1S/C24H28N2O3/c27-17-10-8-16-5-3-7-21(20(16)14-17)25-24(28)26-22-12-13-29-23-18-6-2-1-4-15(18)9-11-19(22)23/h3,5,7,9,11,17,22,27H,1-2,4,6,8,10,12-14H2,(H2,25,26,28). The largest absolute Gasteiger partial charge is 0.493 e. The zero-order valence-corrected chi connectivity index (χ0v) is 16.7. The van der Waals surface area contributed by atoms with E-state index in [1.54, 1.807) is 0 Å². The van der Waals surface area contributed by atoms with Crippen LogP contribution in [0.4, 0.5) is 10.5 Å². The van der Waals surface area contributed by atoms with Gasteiger partial charge in [0, 0.05) is 24.1 Å². The highest BCUT2D eigenvalue weighted by atomic mass is 16.5. The molecule has 5 rings (SSSR count). The number of rotatable bonds is 2. The van der Waals surface area contributed by atoms with E-state index in [9.17, 15) is 9.90 Å². The van der Waals surface area contributed by atoms with Crippen LogP contribution in [0.15, 0.2) is 30.3 Å². The van der Waals surface area contributed by atoms with Crippen molar-refractivity contribution in [2.45, 2.75) is 63.5 Å². The predicted octanol–water partition coefficient (Wildman–Crippen LogP) is 4.06. The van der Waals surface area contributed by atoms with Crippen LogP contribution in [0.3, 0.4) is 0 Å². The second-order valence-electron chi connectivity index (χ2n) is 8.46. The Hall–Kier alpha value is -2.53. The Labute approximate surface area is 171 Å². The number of anilines is 1. The zero-order chi connectivity index (χ0) is 19.8. The smallest absolute Gasteiger partial charge is 0.319 e. The molecule has 2 atom stereocenters. The second-order valence-corrected chi connectivity index (χ2v) is 8.46. The van der Waals surface area contributed by atoms with E-state index in [1.165, 1.54) is 29.5 Å². The maximum atomic E-state index is 12.8. The third-order valence-corrected chi connectivity index (χ3v) is 6.55. The number of aliphatic hydroxyl groups is 1. The summed E-state index contributed by atoms with van der Waals surface area (Å²) in [7, 11) is 0. The molecular formula is C24H28N2O3. The summed E-state index contributed by atoms with van der Waals surface area (Å²) in [6.07, 6.45) is 7.30. The SMILES string of the molecule is O=C(Nc1cccc2c1CC(O)CC2)NC1CCOc2c1ccc1c2CCCC1. The summed E-state index contributed by atoms with van der Waals surface area (Å²) in [6, 6.07) is 10.1. The molecule has 0 aromatic heterocycles. The van der Waals surface area contributed by atoms with Crippen LogP contribution >= 0.6 is 0 Å². The molecule has 0 saturated heterocycles. The summed E-state index contributed by atoms with van der Waals surface area (Å²) >= 11 is 0. The maximum Gasteiger partial charge on any atom is 0.319 e. The van der Waals surface area contributed by atoms with Crippen LogP contribution in [-0.2, 0) is 25.7 Å². The number of fused-ring (bicyclic) bond motifs is 4. The quantitative estimate of drug-likeness (QED) is 0.722. The van der Waals surface area contributed by atoms with E-state index < -0.39 is 0 Å². The number of hydrogen-bond donors (Lipinski definition) is 3.